The number of carbonyl (C=O) groups excluding carboxylic acids is 1. The smallest absolute Gasteiger partial charge is 0.408 e. The summed E-state index contributed by atoms with van der Waals surface area (Å²) in [5.74, 6) is -1.30. The number of ether oxygens (including phenoxy) is 1. The molecule has 6 heteroatoms. The Morgan fingerprint density at radius 1 is 1.46 bits per heavy atom. The number of amides is 1. The van der Waals surface area contributed by atoms with Crippen molar-refractivity contribution in [2.24, 2.45) is 0 Å². The lowest BCUT2D eigenvalue weighted by Gasteiger charge is -2.13. The predicted molar refractivity (Wildman–Crippen MR) is 43.3 cm³/mol. The van der Waals surface area contributed by atoms with Crippen molar-refractivity contribution in [3.8, 4) is 0 Å². The van der Waals surface area contributed by atoms with Crippen LogP contribution >= 0.6 is 0 Å². The van der Waals surface area contributed by atoms with Crippen LogP contribution in [0.4, 0.5) is 4.79 Å². The largest absolute Gasteiger partial charge is 0.480 e. The predicted octanol–water partition coefficient (Wildman–Crippen LogP) is -0.434. The van der Waals surface area contributed by atoms with Gasteiger partial charge in [-0.2, -0.15) is 0 Å². The fraction of sp³-hybridized carbons (Fsp3) is 0.714. The first kappa shape index (κ1) is 11.7. The van der Waals surface area contributed by atoms with Gasteiger partial charge in [-0.3, -0.25) is 0 Å². The molecule has 0 radical (unpaired) electrons. The van der Waals surface area contributed by atoms with Gasteiger partial charge in [0.1, 0.15) is 0 Å². The maximum atomic E-state index is 10.8. The van der Waals surface area contributed by atoms with E-state index in [0.717, 1.165) is 0 Å². The monoisotopic (exact) mass is 191 g/mol. The van der Waals surface area contributed by atoms with Gasteiger partial charge in [0.05, 0.1) is 12.7 Å². The third-order valence-electron chi connectivity index (χ3n) is 1.12. The molecule has 0 rings (SSSR count). The molecular formula is C7H13NO5. The summed E-state index contributed by atoms with van der Waals surface area (Å²) in [5, 5.41) is 18.9. The van der Waals surface area contributed by atoms with Crippen LogP contribution in [-0.4, -0.2) is 41.0 Å². The summed E-state index contributed by atoms with van der Waals surface area (Å²) in [5.41, 5.74) is 0. The number of carboxylic acids is 1. The van der Waals surface area contributed by atoms with Gasteiger partial charge < -0.3 is 20.3 Å². The van der Waals surface area contributed by atoms with Crippen LogP contribution in [-0.2, 0) is 9.53 Å². The number of carbonyl (C=O) groups is 2. The zero-order valence-electron chi connectivity index (χ0n) is 7.48. The standard InChI is InChI=1S/C7H13NO5/c1-4(2)13-7(12)8-5(3-9)6(10)11/h4-5,9H,3H2,1-2H3,(H,8,12)(H,10,11)/t5-/m0/s1. The van der Waals surface area contributed by atoms with Gasteiger partial charge in [0.2, 0.25) is 0 Å². The topological polar surface area (TPSA) is 95.9 Å². The highest BCUT2D eigenvalue weighted by molar-refractivity contribution is 5.79. The van der Waals surface area contributed by atoms with Gasteiger partial charge in [-0.25, -0.2) is 9.59 Å². The van der Waals surface area contributed by atoms with Gasteiger partial charge >= 0.3 is 12.1 Å². The Labute approximate surface area is 75.5 Å². The van der Waals surface area contributed by atoms with Crippen molar-refractivity contribution >= 4 is 12.1 Å². The van der Waals surface area contributed by atoms with Crippen molar-refractivity contribution in [3.63, 3.8) is 0 Å². The maximum absolute atomic E-state index is 10.8. The molecular weight excluding hydrogens is 178 g/mol. The van der Waals surface area contributed by atoms with E-state index in [1.165, 1.54) is 0 Å². The lowest BCUT2D eigenvalue weighted by atomic mass is 10.3. The molecule has 0 aromatic carbocycles. The molecule has 0 saturated heterocycles. The molecule has 0 aliphatic rings. The molecule has 1 atom stereocenters. The normalized spacial score (nSPS) is 12.3. The molecule has 0 aromatic heterocycles. The van der Waals surface area contributed by atoms with Crippen LogP contribution in [0.2, 0.25) is 0 Å². The van der Waals surface area contributed by atoms with E-state index in [1.807, 2.05) is 5.32 Å². The molecule has 0 heterocycles. The van der Waals surface area contributed by atoms with Crippen LogP contribution in [0.1, 0.15) is 13.8 Å². The first-order valence-electron chi connectivity index (χ1n) is 3.78. The Bertz CT molecular complexity index is 191. The molecule has 0 spiro atoms. The highest BCUT2D eigenvalue weighted by atomic mass is 16.6. The fourth-order valence-electron chi connectivity index (χ4n) is 0.576. The Kier molecular flexibility index (Phi) is 4.83. The third-order valence-corrected chi connectivity index (χ3v) is 1.12. The maximum Gasteiger partial charge on any atom is 0.408 e. The molecule has 0 aliphatic carbocycles. The van der Waals surface area contributed by atoms with Crippen LogP contribution < -0.4 is 5.32 Å². The van der Waals surface area contributed by atoms with Crippen molar-refractivity contribution in [1.29, 1.82) is 0 Å². The second-order valence-corrected chi connectivity index (χ2v) is 2.67. The van der Waals surface area contributed by atoms with E-state index < -0.39 is 24.7 Å². The number of carboxylic acid groups (broad SMARTS) is 1. The summed E-state index contributed by atoms with van der Waals surface area (Å²) in [6.45, 7) is 2.60. The minimum atomic E-state index is -1.31. The molecule has 0 aromatic rings. The molecule has 13 heavy (non-hydrogen) atoms. The average Bonchev–Trinajstić information content (AvgIpc) is 1.98. The van der Waals surface area contributed by atoms with Crippen molar-refractivity contribution in [2.45, 2.75) is 26.0 Å². The van der Waals surface area contributed by atoms with Crippen molar-refractivity contribution < 1.29 is 24.5 Å². The lowest BCUT2D eigenvalue weighted by Crippen LogP contribution is -2.44. The number of alkyl carbamates (subject to hydrolysis) is 1. The van der Waals surface area contributed by atoms with Gasteiger partial charge in [-0.15, -0.1) is 0 Å². The molecule has 1 amide bonds. The Morgan fingerprint density at radius 3 is 2.31 bits per heavy atom. The number of hydrogen-bond acceptors (Lipinski definition) is 4. The Hall–Kier alpha value is -1.30. The van der Waals surface area contributed by atoms with Crippen LogP contribution in [0, 0.1) is 0 Å². The summed E-state index contributed by atoms with van der Waals surface area (Å²) in [7, 11) is 0. The minimum absolute atomic E-state index is 0.326. The number of nitrogens with one attached hydrogen (secondary N) is 1. The molecule has 76 valence electrons. The van der Waals surface area contributed by atoms with Crippen LogP contribution in [0.25, 0.3) is 0 Å². The minimum Gasteiger partial charge on any atom is -0.480 e. The van der Waals surface area contributed by atoms with E-state index in [4.69, 9.17) is 10.2 Å². The van der Waals surface area contributed by atoms with Gasteiger partial charge in [0.25, 0.3) is 0 Å². The molecule has 0 bridgehead atoms. The Balaban J connectivity index is 3.94. The van der Waals surface area contributed by atoms with Gasteiger partial charge in [-0.05, 0) is 13.8 Å². The average molecular weight is 191 g/mol. The van der Waals surface area contributed by atoms with Crippen molar-refractivity contribution in [3.05, 3.63) is 0 Å². The highest BCUT2D eigenvalue weighted by Gasteiger charge is 2.19. The van der Waals surface area contributed by atoms with Gasteiger partial charge in [0.15, 0.2) is 6.04 Å². The van der Waals surface area contributed by atoms with Crippen LogP contribution in [0.5, 0.6) is 0 Å². The summed E-state index contributed by atoms with van der Waals surface area (Å²) in [6.07, 6.45) is -1.18. The van der Waals surface area contributed by atoms with Crippen molar-refractivity contribution in [2.75, 3.05) is 6.61 Å². The van der Waals surface area contributed by atoms with E-state index in [1.54, 1.807) is 13.8 Å². The second-order valence-electron chi connectivity index (χ2n) is 2.67. The van der Waals surface area contributed by atoms with E-state index in [2.05, 4.69) is 4.74 Å². The number of aliphatic hydroxyl groups is 1. The summed E-state index contributed by atoms with van der Waals surface area (Å²) < 4.78 is 4.61. The molecule has 0 unspecified atom stereocenters. The molecule has 3 N–H and O–H groups in total. The molecule has 6 nitrogen and oxygen atoms in total. The number of aliphatic carboxylic acids is 1. The second kappa shape index (κ2) is 5.36. The van der Waals surface area contributed by atoms with Crippen LogP contribution in [0.15, 0.2) is 0 Å². The lowest BCUT2D eigenvalue weighted by molar-refractivity contribution is -0.140. The summed E-state index contributed by atoms with van der Waals surface area (Å²) in [6, 6.07) is -1.31. The quantitative estimate of drug-likeness (QED) is 0.560. The first-order valence-corrected chi connectivity index (χ1v) is 3.78. The highest BCUT2D eigenvalue weighted by Crippen LogP contribution is 1.90. The molecule has 0 fully saturated rings. The Morgan fingerprint density at radius 2 is 2.00 bits per heavy atom. The SMILES string of the molecule is CC(C)OC(=O)N[C@@H](CO)C(=O)O. The summed E-state index contributed by atoms with van der Waals surface area (Å²) in [4.78, 5) is 21.1. The van der Waals surface area contributed by atoms with E-state index in [0.29, 0.717) is 0 Å². The summed E-state index contributed by atoms with van der Waals surface area (Å²) >= 11 is 0. The van der Waals surface area contributed by atoms with Crippen molar-refractivity contribution in [1.82, 2.24) is 5.32 Å². The van der Waals surface area contributed by atoms with Gasteiger partial charge in [-0.1, -0.05) is 0 Å². The first-order chi connectivity index (χ1) is 5.97. The molecule has 0 saturated carbocycles. The third kappa shape index (κ3) is 5.02. The zero-order chi connectivity index (χ0) is 10.4. The number of rotatable bonds is 4. The van der Waals surface area contributed by atoms with E-state index in [-0.39, 0.29) is 6.10 Å². The number of aliphatic hydroxyl groups excluding tert-OH is 1. The molecule has 0 aliphatic heterocycles. The number of hydrogen-bond donors (Lipinski definition) is 3. The van der Waals surface area contributed by atoms with E-state index >= 15 is 0 Å². The zero-order valence-corrected chi connectivity index (χ0v) is 7.48. The van der Waals surface area contributed by atoms with E-state index in [9.17, 15) is 9.59 Å². The fourth-order valence-corrected chi connectivity index (χ4v) is 0.576. The van der Waals surface area contributed by atoms with Crippen LogP contribution in [0.3, 0.4) is 0 Å². The van der Waals surface area contributed by atoms with Gasteiger partial charge in [0, 0.05) is 0 Å².